The Balaban J connectivity index is 2.46. The third kappa shape index (κ3) is 3.29. The lowest BCUT2D eigenvalue weighted by molar-refractivity contribution is -0.222. The summed E-state index contributed by atoms with van der Waals surface area (Å²) in [6, 6.07) is 3.12. The lowest BCUT2D eigenvalue weighted by atomic mass is 9.76. The molecule has 1 aromatic carbocycles. The average molecular weight is 294 g/mol. The number of hydrogen-bond acceptors (Lipinski definition) is 6. The molecule has 1 heterocycles. The van der Waals surface area contributed by atoms with Crippen LogP contribution in [0.15, 0.2) is 23.8 Å². The fraction of sp³-hybridized carbons (Fsp3) is 0.231. The molecular formula is C13H12BFO6. The third-order valence-corrected chi connectivity index (χ3v) is 2.74. The first-order valence-electron chi connectivity index (χ1n) is 6.03. The van der Waals surface area contributed by atoms with E-state index in [2.05, 4.69) is 0 Å². The summed E-state index contributed by atoms with van der Waals surface area (Å²) in [6.07, 6.45) is 0.998. The normalized spacial score (nSPS) is 17.1. The molecule has 8 heteroatoms. The zero-order valence-electron chi connectivity index (χ0n) is 11.3. The molecule has 0 unspecified atom stereocenters. The van der Waals surface area contributed by atoms with Crippen LogP contribution in [0.4, 0.5) is 4.39 Å². The van der Waals surface area contributed by atoms with Crippen molar-refractivity contribution in [1.29, 1.82) is 0 Å². The molecule has 0 bridgehead atoms. The Bertz CT molecular complexity index is 616. The van der Waals surface area contributed by atoms with Gasteiger partial charge in [-0.3, -0.25) is 0 Å². The molecule has 2 N–H and O–H groups in total. The van der Waals surface area contributed by atoms with E-state index in [-0.39, 0.29) is 11.0 Å². The standard InChI is InChI=1S/C13H12BFO6/c1-13(2)20-11(16)9(12(17)21-13)6-7-5-8(15)3-4-10(7)14(18)19/h3-6,18-19H,1-2H3. The Labute approximate surface area is 119 Å². The van der Waals surface area contributed by atoms with Crippen molar-refractivity contribution in [2.24, 2.45) is 0 Å². The maximum atomic E-state index is 13.3. The number of carbonyl (C=O) groups is 2. The first-order chi connectivity index (χ1) is 9.69. The first kappa shape index (κ1) is 15.2. The molecule has 110 valence electrons. The molecule has 1 saturated heterocycles. The van der Waals surface area contributed by atoms with E-state index in [1.807, 2.05) is 0 Å². The van der Waals surface area contributed by atoms with Crippen molar-refractivity contribution in [3.8, 4) is 0 Å². The maximum Gasteiger partial charge on any atom is 0.489 e. The number of cyclic esters (lactones) is 2. The molecule has 1 aromatic rings. The van der Waals surface area contributed by atoms with Crippen molar-refractivity contribution < 1.29 is 33.5 Å². The van der Waals surface area contributed by atoms with Gasteiger partial charge >= 0.3 is 19.1 Å². The average Bonchev–Trinajstić information content (AvgIpc) is 2.32. The van der Waals surface area contributed by atoms with Crippen LogP contribution >= 0.6 is 0 Å². The highest BCUT2D eigenvalue weighted by Crippen LogP contribution is 2.24. The van der Waals surface area contributed by atoms with Gasteiger partial charge in [-0.25, -0.2) is 14.0 Å². The van der Waals surface area contributed by atoms with Gasteiger partial charge in [0.25, 0.3) is 5.79 Å². The molecule has 0 spiro atoms. The summed E-state index contributed by atoms with van der Waals surface area (Å²) >= 11 is 0. The van der Waals surface area contributed by atoms with Gasteiger partial charge in [0, 0.05) is 13.8 Å². The highest BCUT2D eigenvalue weighted by molar-refractivity contribution is 6.59. The molecular weight excluding hydrogens is 282 g/mol. The van der Waals surface area contributed by atoms with Gasteiger partial charge in [0.2, 0.25) is 0 Å². The SMILES string of the molecule is CC1(C)OC(=O)C(=Cc2cc(F)ccc2B(O)O)C(=O)O1. The Morgan fingerprint density at radius 3 is 2.29 bits per heavy atom. The molecule has 0 atom stereocenters. The van der Waals surface area contributed by atoms with Crippen LogP contribution in [-0.2, 0) is 19.1 Å². The zero-order valence-corrected chi connectivity index (χ0v) is 11.3. The summed E-state index contributed by atoms with van der Waals surface area (Å²) in [5.74, 6) is -3.91. The molecule has 2 rings (SSSR count). The van der Waals surface area contributed by atoms with Crippen LogP contribution in [0.1, 0.15) is 19.4 Å². The summed E-state index contributed by atoms with van der Waals surface area (Å²) in [4.78, 5) is 23.6. The van der Waals surface area contributed by atoms with Gasteiger partial charge in [-0.2, -0.15) is 0 Å². The van der Waals surface area contributed by atoms with Gasteiger partial charge in [0.1, 0.15) is 11.4 Å². The van der Waals surface area contributed by atoms with Crippen molar-refractivity contribution in [2.75, 3.05) is 0 Å². The second-order valence-electron chi connectivity index (χ2n) is 4.88. The predicted molar refractivity (Wildman–Crippen MR) is 70.5 cm³/mol. The lowest BCUT2D eigenvalue weighted by Gasteiger charge is -2.29. The highest BCUT2D eigenvalue weighted by Gasteiger charge is 2.39. The van der Waals surface area contributed by atoms with Crippen LogP contribution in [0.3, 0.4) is 0 Å². The third-order valence-electron chi connectivity index (χ3n) is 2.74. The largest absolute Gasteiger partial charge is 0.489 e. The minimum absolute atomic E-state index is 0.0337. The molecule has 1 fully saturated rings. The number of esters is 2. The fourth-order valence-corrected chi connectivity index (χ4v) is 1.84. The number of ether oxygens (including phenoxy) is 2. The Kier molecular flexibility index (Phi) is 3.84. The van der Waals surface area contributed by atoms with E-state index < -0.39 is 36.2 Å². The Morgan fingerprint density at radius 2 is 1.76 bits per heavy atom. The first-order valence-corrected chi connectivity index (χ1v) is 6.03. The summed E-state index contributed by atoms with van der Waals surface area (Å²) < 4.78 is 23.0. The van der Waals surface area contributed by atoms with E-state index >= 15 is 0 Å². The van der Waals surface area contributed by atoms with Gasteiger partial charge in [0.15, 0.2) is 0 Å². The quantitative estimate of drug-likeness (QED) is 0.337. The van der Waals surface area contributed by atoms with Crippen molar-refractivity contribution in [2.45, 2.75) is 19.6 Å². The Hall–Kier alpha value is -2.19. The van der Waals surface area contributed by atoms with Gasteiger partial charge in [-0.05, 0) is 29.2 Å². The molecule has 0 aliphatic carbocycles. The molecule has 1 aliphatic heterocycles. The van der Waals surface area contributed by atoms with Crippen molar-refractivity contribution in [3.63, 3.8) is 0 Å². The topological polar surface area (TPSA) is 93.1 Å². The molecule has 0 radical (unpaired) electrons. The van der Waals surface area contributed by atoms with E-state index in [1.165, 1.54) is 13.8 Å². The van der Waals surface area contributed by atoms with Crippen molar-refractivity contribution in [1.82, 2.24) is 0 Å². The molecule has 1 aliphatic rings. The summed E-state index contributed by atoms with van der Waals surface area (Å²) in [6.45, 7) is 2.79. The van der Waals surface area contributed by atoms with Crippen LogP contribution < -0.4 is 5.46 Å². The van der Waals surface area contributed by atoms with Gasteiger partial charge < -0.3 is 19.5 Å². The zero-order chi connectivity index (χ0) is 15.8. The Morgan fingerprint density at radius 1 is 1.19 bits per heavy atom. The smallest absolute Gasteiger partial charge is 0.423 e. The van der Waals surface area contributed by atoms with E-state index in [0.717, 1.165) is 24.3 Å². The number of hydrogen-bond donors (Lipinski definition) is 2. The number of halogens is 1. The number of benzene rings is 1. The molecule has 0 saturated carbocycles. The van der Waals surface area contributed by atoms with Crippen LogP contribution in [0.5, 0.6) is 0 Å². The van der Waals surface area contributed by atoms with E-state index in [0.29, 0.717) is 0 Å². The van der Waals surface area contributed by atoms with Gasteiger partial charge in [-0.15, -0.1) is 0 Å². The van der Waals surface area contributed by atoms with E-state index in [4.69, 9.17) is 9.47 Å². The van der Waals surface area contributed by atoms with Crippen molar-refractivity contribution in [3.05, 3.63) is 35.2 Å². The van der Waals surface area contributed by atoms with Gasteiger partial charge in [0.05, 0.1) is 0 Å². The monoisotopic (exact) mass is 294 g/mol. The van der Waals surface area contributed by atoms with E-state index in [1.54, 1.807) is 0 Å². The lowest BCUT2D eigenvalue weighted by Crippen LogP contribution is -2.42. The second kappa shape index (κ2) is 5.30. The fourth-order valence-electron chi connectivity index (χ4n) is 1.84. The molecule has 0 aromatic heterocycles. The number of carbonyl (C=O) groups excluding carboxylic acids is 2. The van der Waals surface area contributed by atoms with Crippen LogP contribution in [0.25, 0.3) is 6.08 Å². The van der Waals surface area contributed by atoms with Crippen LogP contribution in [-0.4, -0.2) is 34.9 Å². The van der Waals surface area contributed by atoms with Gasteiger partial charge in [-0.1, -0.05) is 6.07 Å². The second-order valence-corrected chi connectivity index (χ2v) is 4.88. The van der Waals surface area contributed by atoms with Crippen LogP contribution in [0, 0.1) is 5.82 Å². The summed E-state index contributed by atoms with van der Waals surface area (Å²) in [5, 5.41) is 18.4. The van der Waals surface area contributed by atoms with Crippen LogP contribution in [0.2, 0.25) is 0 Å². The highest BCUT2D eigenvalue weighted by atomic mass is 19.1. The molecule has 6 nitrogen and oxygen atoms in total. The van der Waals surface area contributed by atoms with Crippen molar-refractivity contribution >= 4 is 30.6 Å². The molecule has 21 heavy (non-hydrogen) atoms. The number of rotatable bonds is 2. The van der Waals surface area contributed by atoms with E-state index in [9.17, 15) is 24.0 Å². The molecule has 0 amide bonds. The predicted octanol–water partition coefficient (Wildman–Crippen LogP) is -0.275. The minimum Gasteiger partial charge on any atom is -0.423 e. The maximum absolute atomic E-state index is 13.3. The summed E-state index contributed by atoms with van der Waals surface area (Å²) in [5.41, 5.74) is -0.551. The minimum atomic E-state index is -1.88. The summed E-state index contributed by atoms with van der Waals surface area (Å²) in [7, 11) is -1.88.